The van der Waals surface area contributed by atoms with E-state index in [0.29, 0.717) is 28.4 Å². The first-order chi connectivity index (χ1) is 13.6. The zero-order valence-corrected chi connectivity index (χ0v) is 16.2. The number of rotatable bonds is 7. The zero-order chi connectivity index (χ0) is 19.9. The van der Waals surface area contributed by atoms with Crippen molar-refractivity contribution in [3.63, 3.8) is 0 Å². The lowest BCUT2D eigenvalue weighted by Gasteiger charge is -2.09. The van der Waals surface area contributed by atoms with Crippen molar-refractivity contribution < 1.29 is 23.8 Å². The number of ether oxygens (including phenoxy) is 3. The molecule has 0 N–H and O–H groups in total. The molecule has 0 saturated carbocycles. The maximum Gasteiger partial charge on any atom is 0.343 e. The van der Waals surface area contributed by atoms with E-state index in [4.69, 9.17) is 14.2 Å². The number of hydrogen-bond acceptors (Lipinski definition) is 6. The summed E-state index contributed by atoms with van der Waals surface area (Å²) in [6.45, 7) is 0. The minimum atomic E-state index is -0.530. The Morgan fingerprint density at radius 3 is 2.25 bits per heavy atom. The van der Waals surface area contributed by atoms with E-state index in [2.05, 4.69) is 0 Å². The topological polar surface area (TPSA) is 61.8 Å². The molecule has 2 aromatic carbocycles. The highest BCUT2D eigenvalue weighted by Gasteiger charge is 2.13. The van der Waals surface area contributed by atoms with E-state index in [0.717, 1.165) is 4.88 Å². The van der Waals surface area contributed by atoms with Gasteiger partial charge in [-0.1, -0.05) is 6.07 Å². The number of allylic oxidation sites excluding steroid dienone is 1. The standard InChI is InChI=1S/C22H18O5S/c1-25-20-12-7-16(14-21(20)26-2)22(24)27-17-8-5-15(6-9-17)19(23)11-10-18-4-3-13-28-18/h3-14H,1-2H3/b11-10+. The van der Waals surface area contributed by atoms with Gasteiger partial charge in [-0.15, -0.1) is 11.3 Å². The largest absolute Gasteiger partial charge is 0.493 e. The van der Waals surface area contributed by atoms with Gasteiger partial charge in [-0.05, 0) is 66.1 Å². The minimum Gasteiger partial charge on any atom is -0.493 e. The zero-order valence-electron chi connectivity index (χ0n) is 15.4. The Kier molecular flexibility index (Phi) is 6.24. The number of esters is 1. The van der Waals surface area contributed by atoms with Crippen LogP contribution in [0.3, 0.4) is 0 Å². The molecular formula is C22H18O5S. The van der Waals surface area contributed by atoms with Gasteiger partial charge in [0.2, 0.25) is 0 Å². The molecule has 0 aliphatic carbocycles. The second kappa shape index (κ2) is 9.01. The molecule has 0 fully saturated rings. The van der Waals surface area contributed by atoms with E-state index in [-0.39, 0.29) is 5.78 Å². The quantitative estimate of drug-likeness (QED) is 0.247. The highest BCUT2D eigenvalue weighted by Crippen LogP contribution is 2.28. The number of ketones is 1. The summed E-state index contributed by atoms with van der Waals surface area (Å²) in [4.78, 5) is 25.6. The molecule has 0 amide bonds. The summed E-state index contributed by atoms with van der Waals surface area (Å²) < 4.78 is 15.7. The maximum absolute atomic E-state index is 12.3. The van der Waals surface area contributed by atoms with Crippen LogP contribution in [0.2, 0.25) is 0 Å². The molecule has 1 aromatic heterocycles. The van der Waals surface area contributed by atoms with E-state index < -0.39 is 5.97 Å². The van der Waals surface area contributed by atoms with Crippen molar-refractivity contribution in [2.24, 2.45) is 0 Å². The first-order valence-corrected chi connectivity index (χ1v) is 9.29. The highest BCUT2D eigenvalue weighted by molar-refractivity contribution is 7.10. The molecule has 0 aliphatic rings. The van der Waals surface area contributed by atoms with Gasteiger partial charge in [0, 0.05) is 10.4 Å². The number of methoxy groups -OCH3 is 2. The van der Waals surface area contributed by atoms with Crippen LogP contribution >= 0.6 is 11.3 Å². The molecule has 0 spiro atoms. The molecule has 5 nitrogen and oxygen atoms in total. The molecule has 0 aliphatic heterocycles. The normalized spacial score (nSPS) is 10.6. The van der Waals surface area contributed by atoms with Gasteiger partial charge in [0.1, 0.15) is 5.75 Å². The first-order valence-electron chi connectivity index (χ1n) is 8.41. The fourth-order valence-electron chi connectivity index (χ4n) is 2.46. The maximum atomic E-state index is 12.3. The van der Waals surface area contributed by atoms with Crippen LogP contribution in [-0.4, -0.2) is 26.0 Å². The van der Waals surface area contributed by atoms with Crippen molar-refractivity contribution in [2.75, 3.05) is 14.2 Å². The summed E-state index contributed by atoms with van der Waals surface area (Å²) in [7, 11) is 3.02. The van der Waals surface area contributed by atoms with Crippen LogP contribution in [0.25, 0.3) is 6.08 Å². The number of carbonyl (C=O) groups is 2. The van der Waals surface area contributed by atoms with Gasteiger partial charge in [-0.25, -0.2) is 4.79 Å². The molecule has 3 rings (SSSR count). The fourth-order valence-corrected chi connectivity index (χ4v) is 3.07. The lowest BCUT2D eigenvalue weighted by molar-refractivity contribution is 0.0734. The Labute approximate surface area is 166 Å². The van der Waals surface area contributed by atoms with E-state index in [1.54, 1.807) is 59.9 Å². The molecule has 3 aromatic rings. The lowest BCUT2D eigenvalue weighted by Crippen LogP contribution is -2.09. The Hall–Kier alpha value is -3.38. The average Bonchev–Trinajstić information content (AvgIpc) is 3.25. The van der Waals surface area contributed by atoms with Crippen LogP contribution in [0.15, 0.2) is 66.1 Å². The second-order valence-electron chi connectivity index (χ2n) is 5.70. The van der Waals surface area contributed by atoms with Crippen molar-refractivity contribution >= 4 is 29.2 Å². The third-order valence-electron chi connectivity index (χ3n) is 3.91. The van der Waals surface area contributed by atoms with Crippen LogP contribution in [0.1, 0.15) is 25.6 Å². The summed E-state index contributed by atoms with van der Waals surface area (Å²) in [5.74, 6) is 0.662. The SMILES string of the molecule is COc1ccc(C(=O)Oc2ccc(C(=O)/C=C/c3cccs3)cc2)cc1OC. The van der Waals surface area contributed by atoms with Crippen molar-refractivity contribution in [3.05, 3.63) is 82.1 Å². The molecule has 6 heteroatoms. The molecule has 0 atom stereocenters. The molecular weight excluding hydrogens is 376 g/mol. The predicted octanol–water partition coefficient (Wildman–Crippen LogP) is 4.88. The molecule has 0 radical (unpaired) electrons. The van der Waals surface area contributed by atoms with E-state index in [9.17, 15) is 9.59 Å². The minimum absolute atomic E-state index is 0.119. The summed E-state index contributed by atoms with van der Waals surface area (Å²) in [6, 6.07) is 15.1. The van der Waals surface area contributed by atoms with Gasteiger partial charge >= 0.3 is 5.97 Å². The monoisotopic (exact) mass is 394 g/mol. The molecule has 0 bridgehead atoms. The highest BCUT2D eigenvalue weighted by atomic mass is 32.1. The molecule has 28 heavy (non-hydrogen) atoms. The van der Waals surface area contributed by atoms with Gasteiger partial charge in [-0.2, -0.15) is 0 Å². The Morgan fingerprint density at radius 1 is 0.893 bits per heavy atom. The van der Waals surface area contributed by atoms with E-state index >= 15 is 0 Å². The Balaban J connectivity index is 1.67. The fraction of sp³-hybridized carbons (Fsp3) is 0.0909. The van der Waals surface area contributed by atoms with Crippen molar-refractivity contribution in [3.8, 4) is 17.2 Å². The van der Waals surface area contributed by atoms with Gasteiger partial charge in [0.05, 0.1) is 19.8 Å². The van der Waals surface area contributed by atoms with Crippen molar-refractivity contribution in [1.29, 1.82) is 0 Å². The second-order valence-corrected chi connectivity index (χ2v) is 6.68. The van der Waals surface area contributed by atoms with Crippen LogP contribution < -0.4 is 14.2 Å². The Bertz CT molecular complexity index is 988. The molecule has 142 valence electrons. The smallest absolute Gasteiger partial charge is 0.343 e. The van der Waals surface area contributed by atoms with Crippen LogP contribution in [0.5, 0.6) is 17.2 Å². The molecule has 1 heterocycles. The lowest BCUT2D eigenvalue weighted by atomic mass is 10.1. The van der Waals surface area contributed by atoms with E-state index in [1.807, 2.05) is 17.5 Å². The first kappa shape index (κ1) is 19.4. The molecule has 0 saturated heterocycles. The summed E-state index contributed by atoms with van der Waals surface area (Å²) in [5, 5.41) is 1.95. The van der Waals surface area contributed by atoms with Gasteiger partial charge < -0.3 is 14.2 Å². The third-order valence-corrected chi connectivity index (χ3v) is 4.75. The number of thiophene rings is 1. The number of carbonyl (C=O) groups excluding carboxylic acids is 2. The van der Waals surface area contributed by atoms with Gasteiger partial charge in [0.25, 0.3) is 0 Å². The van der Waals surface area contributed by atoms with Crippen LogP contribution in [0, 0.1) is 0 Å². The summed E-state index contributed by atoms with van der Waals surface area (Å²) in [5.41, 5.74) is 0.843. The number of benzene rings is 2. The van der Waals surface area contributed by atoms with Gasteiger partial charge in [-0.3, -0.25) is 4.79 Å². The van der Waals surface area contributed by atoms with Crippen LogP contribution in [-0.2, 0) is 0 Å². The third kappa shape index (κ3) is 4.66. The number of hydrogen-bond donors (Lipinski definition) is 0. The van der Waals surface area contributed by atoms with Crippen molar-refractivity contribution in [2.45, 2.75) is 0 Å². The van der Waals surface area contributed by atoms with Gasteiger partial charge in [0.15, 0.2) is 17.3 Å². The summed E-state index contributed by atoms with van der Waals surface area (Å²) in [6.07, 6.45) is 3.30. The average molecular weight is 394 g/mol. The van der Waals surface area contributed by atoms with Crippen LogP contribution in [0.4, 0.5) is 0 Å². The Morgan fingerprint density at radius 2 is 1.61 bits per heavy atom. The summed E-state index contributed by atoms with van der Waals surface area (Å²) >= 11 is 1.56. The predicted molar refractivity (Wildman–Crippen MR) is 109 cm³/mol. The van der Waals surface area contributed by atoms with E-state index in [1.165, 1.54) is 20.3 Å². The van der Waals surface area contributed by atoms with Crippen molar-refractivity contribution in [1.82, 2.24) is 0 Å². The molecule has 0 unspecified atom stereocenters.